The zero-order valence-electron chi connectivity index (χ0n) is 10.7. The fourth-order valence-electron chi connectivity index (χ4n) is 2.58. The van der Waals surface area contributed by atoms with Gasteiger partial charge in [-0.25, -0.2) is 0 Å². The molecule has 18 heavy (non-hydrogen) atoms. The summed E-state index contributed by atoms with van der Waals surface area (Å²) in [5.74, 6) is 0.375. The van der Waals surface area contributed by atoms with Crippen LogP contribution >= 0.6 is 0 Å². The highest BCUT2D eigenvalue weighted by Crippen LogP contribution is 2.48. The number of carbonyl (C=O) groups is 1. The van der Waals surface area contributed by atoms with E-state index in [9.17, 15) is 4.79 Å². The number of hydrogen-bond donors (Lipinski definition) is 0. The lowest BCUT2D eigenvalue weighted by atomic mass is 10.1. The van der Waals surface area contributed by atoms with Crippen LogP contribution in [-0.4, -0.2) is 17.1 Å². The van der Waals surface area contributed by atoms with Crippen LogP contribution in [0.5, 0.6) is 0 Å². The molecular weight excluding hydrogens is 226 g/mol. The van der Waals surface area contributed by atoms with Crippen molar-refractivity contribution in [2.75, 3.05) is 6.61 Å². The van der Waals surface area contributed by atoms with Crippen molar-refractivity contribution in [3.05, 3.63) is 36.0 Å². The van der Waals surface area contributed by atoms with E-state index in [1.165, 1.54) is 16.5 Å². The lowest BCUT2D eigenvalue weighted by Gasteiger charge is -2.03. The van der Waals surface area contributed by atoms with Gasteiger partial charge in [-0.2, -0.15) is 0 Å². The Morgan fingerprint density at radius 2 is 2.28 bits per heavy atom. The smallest absolute Gasteiger partial charge is 0.309 e. The fraction of sp³-hybridized carbons (Fsp3) is 0.400. The van der Waals surface area contributed by atoms with Crippen LogP contribution in [0.2, 0.25) is 0 Å². The Balaban J connectivity index is 1.84. The van der Waals surface area contributed by atoms with Crippen LogP contribution in [0.25, 0.3) is 10.9 Å². The first-order chi connectivity index (χ1) is 8.70. The summed E-state index contributed by atoms with van der Waals surface area (Å²) in [5, 5.41) is 1.24. The van der Waals surface area contributed by atoms with E-state index in [0.717, 1.165) is 6.42 Å². The fourth-order valence-corrected chi connectivity index (χ4v) is 2.58. The van der Waals surface area contributed by atoms with Gasteiger partial charge in [0.1, 0.15) is 0 Å². The highest BCUT2D eigenvalue weighted by Gasteiger charge is 2.45. The van der Waals surface area contributed by atoms with E-state index in [2.05, 4.69) is 35.0 Å². The maximum Gasteiger partial charge on any atom is 0.309 e. The summed E-state index contributed by atoms with van der Waals surface area (Å²) in [7, 11) is 2.04. The monoisotopic (exact) mass is 243 g/mol. The summed E-state index contributed by atoms with van der Waals surface area (Å²) in [5.41, 5.74) is 2.48. The molecule has 3 nitrogen and oxygen atoms in total. The first-order valence-corrected chi connectivity index (χ1v) is 6.42. The van der Waals surface area contributed by atoms with Gasteiger partial charge in [0, 0.05) is 18.8 Å². The van der Waals surface area contributed by atoms with Crippen LogP contribution < -0.4 is 0 Å². The van der Waals surface area contributed by atoms with Crippen molar-refractivity contribution in [1.82, 2.24) is 4.57 Å². The number of carbonyl (C=O) groups excluding carboxylic acids is 1. The van der Waals surface area contributed by atoms with E-state index in [1.54, 1.807) is 0 Å². The standard InChI is InChI=1S/C15H17NO2/c1-3-18-15(17)13-9-12(13)11-5-4-10-6-7-16(2)14(10)8-11/h4-8,12-13H,3,9H2,1-2H3. The van der Waals surface area contributed by atoms with Crippen molar-refractivity contribution in [2.24, 2.45) is 13.0 Å². The minimum Gasteiger partial charge on any atom is -0.466 e. The van der Waals surface area contributed by atoms with E-state index in [-0.39, 0.29) is 11.9 Å². The van der Waals surface area contributed by atoms with E-state index >= 15 is 0 Å². The molecule has 1 aromatic heterocycles. The molecule has 94 valence electrons. The molecule has 1 aliphatic rings. The third-order valence-corrected chi connectivity index (χ3v) is 3.72. The molecule has 2 unspecified atom stereocenters. The van der Waals surface area contributed by atoms with Crippen LogP contribution in [0.15, 0.2) is 30.5 Å². The number of nitrogens with zero attached hydrogens (tertiary/aromatic N) is 1. The molecule has 1 aromatic carbocycles. The molecule has 0 radical (unpaired) electrons. The van der Waals surface area contributed by atoms with Crippen molar-refractivity contribution in [3.63, 3.8) is 0 Å². The van der Waals surface area contributed by atoms with E-state index in [4.69, 9.17) is 4.74 Å². The number of fused-ring (bicyclic) bond motifs is 1. The van der Waals surface area contributed by atoms with Crippen molar-refractivity contribution < 1.29 is 9.53 Å². The quantitative estimate of drug-likeness (QED) is 0.776. The Morgan fingerprint density at radius 3 is 3.06 bits per heavy atom. The van der Waals surface area contributed by atoms with E-state index < -0.39 is 0 Å². The second-order valence-electron chi connectivity index (χ2n) is 4.95. The average molecular weight is 243 g/mol. The second kappa shape index (κ2) is 4.16. The molecule has 0 N–H and O–H groups in total. The molecule has 3 heteroatoms. The highest BCUT2D eigenvalue weighted by molar-refractivity contribution is 5.82. The summed E-state index contributed by atoms with van der Waals surface area (Å²) in [4.78, 5) is 11.6. The largest absolute Gasteiger partial charge is 0.466 e. The topological polar surface area (TPSA) is 31.2 Å². The first-order valence-electron chi connectivity index (χ1n) is 6.42. The van der Waals surface area contributed by atoms with Gasteiger partial charge in [-0.15, -0.1) is 0 Å². The SMILES string of the molecule is CCOC(=O)C1CC1c1ccc2ccn(C)c2c1. The van der Waals surface area contributed by atoms with Crippen molar-refractivity contribution in [2.45, 2.75) is 19.3 Å². The number of esters is 1. The lowest BCUT2D eigenvalue weighted by molar-refractivity contribution is -0.144. The maximum atomic E-state index is 11.6. The maximum absolute atomic E-state index is 11.6. The van der Waals surface area contributed by atoms with Crippen LogP contribution in [0, 0.1) is 5.92 Å². The molecule has 1 fully saturated rings. The molecule has 0 spiro atoms. The summed E-state index contributed by atoms with van der Waals surface area (Å²) in [6.45, 7) is 2.32. The van der Waals surface area contributed by atoms with Crippen molar-refractivity contribution in [3.8, 4) is 0 Å². The van der Waals surface area contributed by atoms with Crippen LogP contribution in [0.3, 0.4) is 0 Å². The number of aryl methyl sites for hydroxylation is 1. The number of aromatic nitrogens is 1. The Labute approximate surface area is 106 Å². The number of benzene rings is 1. The lowest BCUT2D eigenvalue weighted by Crippen LogP contribution is -2.07. The molecule has 1 heterocycles. The summed E-state index contributed by atoms with van der Waals surface area (Å²) >= 11 is 0. The zero-order valence-corrected chi connectivity index (χ0v) is 10.7. The summed E-state index contributed by atoms with van der Waals surface area (Å²) < 4.78 is 7.18. The van der Waals surface area contributed by atoms with Gasteiger partial charge in [-0.05, 0) is 42.3 Å². The number of rotatable bonds is 3. The average Bonchev–Trinajstić information content (AvgIpc) is 3.09. The van der Waals surface area contributed by atoms with Crippen LogP contribution in [0.4, 0.5) is 0 Å². The van der Waals surface area contributed by atoms with Gasteiger partial charge in [-0.1, -0.05) is 12.1 Å². The van der Waals surface area contributed by atoms with Crippen LogP contribution in [0.1, 0.15) is 24.8 Å². The van der Waals surface area contributed by atoms with Gasteiger partial charge in [0.15, 0.2) is 0 Å². The molecule has 2 aromatic rings. The molecule has 2 atom stereocenters. The third kappa shape index (κ3) is 1.80. The van der Waals surface area contributed by atoms with E-state index in [1.807, 2.05) is 14.0 Å². The first kappa shape index (κ1) is 11.3. The molecule has 0 saturated heterocycles. The highest BCUT2D eigenvalue weighted by atomic mass is 16.5. The molecule has 1 saturated carbocycles. The third-order valence-electron chi connectivity index (χ3n) is 3.72. The Kier molecular flexibility index (Phi) is 2.62. The summed E-state index contributed by atoms with van der Waals surface area (Å²) in [6, 6.07) is 8.56. The molecule has 0 aliphatic heterocycles. The van der Waals surface area contributed by atoms with Gasteiger partial charge in [0.05, 0.1) is 12.5 Å². The van der Waals surface area contributed by atoms with Crippen LogP contribution in [-0.2, 0) is 16.6 Å². The van der Waals surface area contributed by atoms with Crippen molar-refractivity contribution in [1.29, 1.82) is 0 Å². The Morgan fingerprint density at radius 1 is 1.44 bits per heavy atom. The molecular formula is C15H17NO2. The van der Waals surface area contributed by atoms with Gasteiger partial charge >= 0.3 is 5.97 Å². The number of hydrogen-bond acceptors (Lipinski definition) is 2. The second-order valence-corrected chi connectivity index (χ2v) is 4.95. The normalized spacial score (nSPS) is 22.1. The Hall–Kier alpha value is -1.77. The molecule has 0 amide bonds. The van der Waals surface area contributed by atoms with Gasteiger partial charge in [-0.3, -0.25) is 4.79 Å². The predicted octanol–water partition coefficient (Wildman–Crippen LogP) is 2.84. The van der Waals surface area contributed by atoms with Gasteiger partial charge < -0.3 is 9.30 Å². The van der Waals surface area contributed by atoms with Gasteiger partial charge in [0.2, 0.25) is 0 Å². The molecule has 0 bridgehead atoms. The predicted molar refractivity (Wildman–Crippen MR) is 70.4 cm³/mol. The zero-order chi connectivity index (χ0) is 12.7. The van der Waals surface area contributed by atoms with Crippen molar-refractivity contribution >= 4 is 16.9 Å². The van der Waals surface area contributed by atoms with Gasteiger partial charge in [0.25, 0.3) is 0 Å². The summed E-state index contributed by atoms with van der Waals surface area (Å²) in [6.07, 6.45) is 2.99. The minimum atomic E-state index is -0.0468. The Bertz CT molecular complexity index is 600. The van der Waals surface area contributed by atoms with E-state index in [0.29, 0.717) is 12.5 Å². The molecule has 1 aliphatic carbocycles. The minimum absolute atomic E-state index is 0.0468. The number of ether oxygens (including phenoxy) is 1. The molecule has 3 rings (SSSR count).